The highest BCUT2D eigenvalue weighted by atomic mass is 16.2. The van der Waals surface area contributed by atoms with Crippen LogP contribution < -0.4 is 5.32 Å². The molecular formula is C15H25N3O. The lowest BCUT2D eigenvalue weighted by Gasteiger charge is -2.19. The highest BCUT2D eigenvalue weighted by Gasteiger charge is 2.14. The maximum Gasteiger partial charge on any atom is 0.254 e. The molecule has 106 valence electrons. The maximum absolute atomic E-state index is 12.4. The van der Waals surface area contributed by atoms with Gasteiger partial charge in [0.1, 0.15) is 5.82 Å². The Bertz CT molecular complexity index is 414. The first-order valence-electron chi connectivity index (χ1n) is 7.20. The van der Waals surface area contributed by atoms with Crippen LogP contribution in [-0.4, -0.2) is 35.4 Å². The second-order valence-corrected chi connectivity index (χ2v) is 4.49. The van der Waals surface area contributed by atoms with Gasteiger partial charge >= 0.3 is 0 Å². The third-order valence-electron chi connectivity index (χ3n) is 3.09. The summed E-state index contributed by atoms with van der Waals surface area (Å²) in [5.41, 5.74) is 1.69. The summed E-state index contributed by atoms with van der Waals surface area (Å²) in [6.07, 6.45) is 1.87. The predicted octanol–water partition coefficient (Wildman–Crippen LogP) is 2.95. The first-order valence-corrected chi connectivity index (χ1v) is 7.20. The van der Waals surface area contributed by atoms with Crippen LogP contribution in [0.5, 0.6) is 0 Å². The summed E-state index contributed by atoms with van der Waals surface area (Å²) in [6.45, 7) is 10.5. The quantitative estimate of drug-likeness (QED) is 0.822. The molecule has 0 aliphatic carbocycles. The number of carbonyl (C=O) groups excluding carboxylic acids is 1. The third kappa shape index (κ3) is 4.23. The van der Waals surface area contributed by atoms with Crippen molar-refractivity contribution in [2.45, 2.75) is 40.5 Å². The Morgan fingerprint density at radius 1 is 1.21 bits per heavy atom. The molecule has 0 bridgehead atoms. The van der Waals surface area contributed by atoms with E-state index in [9.17, 15) is 4.79 Å². The Balaban J connectivity index is 3.01. The zero-order chi connectivity index (χ0) is 14.3. The first kappa shape index (κ1) is 15.5. The Hall–Kier alpha value is -1.58. The van der Waals surface area contributed by atoms with Crippen LogP contribution in [0.4, 0.5) is 5.82 Å². The molecule has 1 N–H and O–H groups in total. The van der Waals surface area contributed by atoms with E-state index in [1.165, 1.54) is 0 Å². The monoisotopic (exact) mass is 263 g/mol. The van der Waals surface area contributed by atoms with Gasteiger partial charge in [0.15, 0.2) is 0 Å². The second-order valence-electron chi connectivity index (χ2n) is 4.49. The van der Waals surface area contributed by atoms with Crippen LogP contribution >= 0.6 is 0 Å². The van der Waals surface area contributed by atoms with Gasteiger partial charge in [-0.15, -0.1) is 0 Å². The van der Waals surface area contributed by atoms with Crippen molar-refractivity contribution < 1.29 is 4.79 Å². The van der Waals surface area contributed by atoms with Crippen molar-refractivity contribution in [2.75, 3.05) is 25.0 Å². The number of aromatic nitrogens is 1. The zero-order valence-corrected chi connectivity index (χ0v) is 12.5. The molecule has 0 saturated heterocycles. The number of nitrogens with zero attached hydrogens (tertiary/aromatic N) is 2. The van der Waals surface area contributed by atoms with Crippen LogP contribution in [0.2, 0.25) is 0 Å². The largest absolute Gasteiger partial charge is 0.370 e. The Labute approximate surface area is 116 Å². The van der Waals surface area contributed by atoms with Crippen molar-refractivity contribution >= 4 is 11.7 Å². The number of hydrogen-bond acceptors (Lipinski definition) is 3. The lowest BCUT2D eigenvalue weighted by atomic mass is 10.1. The molecule has 0 radical (unpaired) electrons. The normalized spacial score (nSPS) is 10.3. The fourth-order valence-corrected chi connectivity index (χ4v) is 1.93. The molecular weight excluding hydrogens is 238 g/mol. The topological polar surface area (TPSA) is 45.2 Å². The SMILES string of the molecule is CCCNc1cc(C(=O)N(CC)CC)cc(CC)n1. The number of amides is 1. The second kappa shape index (κ2) is 7.77. The molecule has 19 heavy (non-hydrogen) atoms. The smallest absolute Gasteiger partial charge is 0.254 e. The molecule has 1 heterocycles. The van der Waals surface area contributed by atoms with E-state index in [1.54, 1.807) is 0 Å². The van der Waals surface area contributed by atoms with Crippen molar-refractivity contribution in [1.29, 1.82) is 0 Å². The molecule has 1 aromatic heterocycles. The van der Waals surface area contributed by atoms with E-state index < -0.39 is 0 Å². The van der Waals surface area contributed by atoms with E-state index in [2.05, 4.69) is 24.1 Å². The van der Waals surface area contributed by atoms with E-state index in [0.29, 0.717) is 0 Å². The van der Waals surface area contributed by atoms with Gasteiger partial charge in [-0.25, -0.2) is 4.98 Å². The molecule has 1 aromatic rings. The first-order chi connectivity index (χ1) is 9.15. The zero-order valence-electron chi connectivity index (χ0n) is 12.5. The molecule has 1 amide bonds. The van der Waals surface area contributed by atoms with Crippen molar-refractivity contribution in [3.8, 4) is 0 Å². The van der Waals surface area contributed by atoms with Gasteiger partial charge in [0.05, 0.1) is 0 Å². The molecule has 0 saturated carbocycles. The summed E-state index contributed by atoms with van der Waals surface area (Å²) in [5, 5.41) is 3.26. The van der Waals surface area contributed by atoms with Gasteiger partial charge in [0.25, 0.3) is 5.91 Å². The van der Waals surface area contributed by atoms with Crippen molar-refractivity contribution in [3.05, 3.63) is 23.4 Å². The average molecular weight is 263 g/mol. The summed E-state index contributed by atoms with van der Waals surface area (Å²) in [4.78, 5) is 18.7. The maximum atomic E-state index is 12.4. The van der Waals surface area contributed by atoms with E-state index in [-0.39, 0.29) is 5.91 Å². The van der Waals surface area contributed by atoms with Gasteiger partial charge in [-0.3, -0.25) is 4.79 Å². The molecule has 0 fully saturated rings. The summed E-state index contributed by atoms with van der Waals surface area (Å²) in [7, 11) is 0. The standard InChI is InChI=1S/C15H25N3O/c1-5-9-16-14-11-12(10-13(6-2)17-14)15(19)18(7-3)8-4/h10-11H,5-9H2,1-4H3,(H,16,17). The fraction of sp³-hybridized carbons (Fsp3) is 0.600. The Morgan fingerprint density at radius 3 is 2.42 bits per heavy atom. The van der Waals surface area contributed by atoms with Gasteiger partial charge < -0.3 is 10.2 Å². The van der Waals surface area contributed by atoms with Gasteiger partial charge in [0.2, 0.25) is 0 Å². The number of hydrogen-bond donors (Lipinski definition) is 1. The highest BCUT2D eigenvalue weighted by Crippen LogP contribution is 2.13. The van der Waals surface area contributed by atoms with E-state index in [1.807, 2.05) is 30.9 Å². The van der Waals surface area contributed by atoms with Gasteiger partial charge in [-0.1, -0.05) is 13.8 Å². The summed E-state index contributed by atoms with van der Waals surface area (Å²) in [6, 6.07) is 3.76. The van der Waals surface area contributed by atoms with E-state index in [4.69, 9.17) is 0 Å². The molecule has 4 heteroatoms. The van der Waals surface area contributed by atoms with Gasteiger partial charge in [0, 0.05) is 30.9 Å². The van der Waals surface area contributed by atoms with E-state index >= 15 is 0 Å². The van der Waals surface area contributed by atoms with Crippen molar-refractivity contribution in [1.82, 2.24) is 9.88 Å². The van der Waals surface area contributed by atoms with Crippen LogP contribution in [0.25, 0.3) is 0 Å². The summed E-state index contributed by atoms with van der Waals surface area (Å²) < 4.78 is 0. The minimum absolute atomic E-state index is 0.0849. The number of aryl methyl sites for hydroxylation is 1. The van der Waals surface area contributed by atoms with Crippen LogP contribution in [0.3, 0.4) is 0 Å². The molecule has 0 aliphatic heterocycles. The number of nitrogens with one attached hydrogen (secondary N) is 1. The lowest BCUT2D eigenvalue weighted by molar-refractivity contribution is 0.0773. The molecule has 1 rings (SSSR count). The molecule has 4 nitrogen and oxygen atoms in total. The highest BCUT2D eigenvalue weighted by molar-refractivity contribution is 5.95. The Kier molecular flexibility index (Phi) is 6.33. The van der Waals surface area contributed by atoms with E-state index in [0.717, 1.165) is 49.6 Å². The number of carbonyl (C=O) groups is 1. The van der Waals surface area contributed by atoms with Crippen molar-refractivity contribution in [2.24, 2.45) is 0 Å². The molecule has 0 aliphatic rings. The summed E-state index contributed by atoms with van der Waals surface area (Å²) >= 11 is 0. The van der Waals surface area contributed by atoms with Gasteiger partial charge in [-0.05, 0) is 38.8 Å². The average Bonchev–Trinajstić information content (AvgIpc) is 2.45. The third-order valence-corrected chi connectivity index (χ3v) is 3.09. The van der Waals surface area contributed by atoms with Crippen molar-refractivity contribution in [3.63, 3.8) is 0 Å². The van der Waals surface area contributed by atoms with Crippen LogP contribution in [0.15, 0.2) is 12.1 Å². The predicted molar refractivity (Wildman–Crippen MR) is 79.6 cm³/mol. The minimum atomic E-state index is 0.0849. The molecule has 0 aromatic carbocycles. The number of anilines is 1. The molecule has 0 atom stereocenters. The van der Waals surface area contributed by atoms with Crippen LogP contribution in [0, 0.1) is 0 Å². The lowest BCUT2D eigenvalue weighted by Crippen LogP contribution is -2.30. The molecule has 0 spiro atoms. The molecule has 0 unspecified atom stereocenters. The summed E-state index contributed by atoms with van der Waals surface area (Å²) in [5.74, 6) is 0.887. The minimum Gasteiger partial charge on any atom is -0.370 e. The van der Waals surface area contributed by atoms with Crippen LogP contribution in [0.1, 0.15) is 50.2 Å². The number of pyridine rings is 1. The Morgan fingerprint density at radius 2 is 1.89 bits per heavy atom. The van der Waals surface area contributed by atoms with Crippen LogP contribution in [-0.2, 0) is 6.42 Å². The number of rotatable bonds is 7. The fourth-order valence-electron chi connectivity index (χ4n) is 1.93. The van der Waals surface area contributed by atoms with Gasteiger partial charge in [-0.2, -0.15) is 0 Å².